The first-order chi connectivity index (χ1) is 13.1. The minimum absolute atomic E-state index is 0.120. The van der Waals surface area contributed by atoms with Gasteiger partial charge in [-0.1, -0.05) is 12.1 Å². The topological polar surface area (TPSA) is 110 Å². The Morgan fingerprint density at radius 2 is 2.04 bits per heavy atom. The maximum absolute atomic E-state index is 12.1. The third kappa shape index (κ3) is 2.75. The van der Waals surface area contributed by atoms with Crippen LogP contribution in [0.25, 0.3) is 16.9 Å². The van der Waals surface area contributed by atoms with E-state index in [2.05, 4.69) is 10.2 Å². The molecule has 0 bridgehead atoms. The van der Waals surface area contributed by atoms with Gasteiger partial charge >= 0.3 is 5.97 Å². The van der Waals surface area contributed by atoms with Gasteiger partial charge < -0.3 is 15.0 Å². The number of carbonyl (C=O) groups excluding carboxylic acids is 1. The quantitative estimate of drug-likeness (QED) is 0.697. The van der Waals surface area contributed by atoms with Crippen LogP contribution in [0.3, 0.4) is 0 Å². The number of H-pyrrole nitrogens is 1. The molecule has 1 aliphatic rings. The van der Waals surface area contributed by atoms with Gasteiger partial charge in [-0.2, -0.15) is 10.4 Å². The minimum Gasteiger partial charge on any atom is -0.464 e. The summed E-state index contributed by atoms with van der Waals surface area (Å²) in [6, 6.07) is 9.69. The van der Waals surface area contributed by atoms with Crippen LogP contribution in [0.5, 0.6) is 0 Å². The highest BCUT2D eigenvalue weighted by Crippen LogP contribution is 2.31. The Morgan fingerprint density at radius 1 is 1.30 bits per heavy atom. The fourth-order valence-corrected chi connectivity index (χ4v) is 3.62. The van der Waals surface area contributed by atoms with Gasteiger partial charge in [-0.25, -0.2) is 4.79 Å². The molecule has 7 nitrogen and oxygen atoms in total. The molecule has 0 saturated carbocycles. The molecule has 3 N–H and O–H groups in total. The molecule has 0 aliphatic heterocycles. The van der Waals surface area contributed by atoms with Gasteiger partial charge in [0.2, 0.25) is 0 Å². The molecule has 0 unspecified atom stereocenters. The molecule has 1 aliphatic carbocycles. The molecule has 4 rings (SSSR count). The molecule has 0 saturated heterocycles. The number of aromatic amines is 1. The number of benzene rings is 1. The smallest absolute Gasteiger partial charge is 0.357 e. The Kier molecular flexibility index (Phi) is 4.16. The van der Waals surface area contributed by atoms with Crippen molar-refractivity contribution in [3.8, 4) is 23.0 Å². The van der Waals surface area contributed by atoms with E-state index in [-0.39, 0.29) is 16.9 Å². The number of fused-ring (bicyclic) bond motifs is 1. The number of carbonyl (C=O) groups is 1. The summed E-state index contributed by atoms with van der Waals surface area (Å²) in [5.74, 6) is -0.584. The lowest BCUT2D eigenvalue weighted by Crippen LogP contribution is -2.11. The summed E-state index contributed by atoms with van der Waals surface area (Å²) in [5.41, 5.74) is 11.7. The van der Waals surface area contributed by atoms with E-state index in [0.717, 1.165) is 29.8 Å². The molecular formula is C20H19N5O2. The largest absolute Gasteiger partial charge is 0.464 e. The first-order valence-corrected chi connectivity index (χ1v) is 8.80. The van der Waals surface area contributed by atoms with Gasteiger partial charge in [0.1, 0.15) is 6.07 Å². The van der Waals surface area contributed by atoms with E-state index in [9.17, 15) is 10.1 Å². The van der Waals surface area contributed by atoms with E-state index in [4.69, 9.17) is 10.5 Å². The Balaban J connectivity index is 1.75. The van der Waals surface area contributed by atoms with Gasteiger partial charge in [0.15, 0.2) is 5.69 Å². The number of rotatable bonds is 3. The average Bonchev–Trinajstić information content (AvgIpc) is 3.28. The van der Waals surface area contributed by atoms with Crippen LogP contribution in [0.2, 0.25) is 0 Å². The zero-order chi connectivity index (χ0) is 19.0. The zero-order valence-corrected chi connectivity index (χ0v) is 15.0. The van der Waals surface area contributed by atoms with Crippen molar-refractivity contribution in [1.29, 1.82) is 5.26 Å². The Morgan fingerprint density at radius 3 is 2.74 bits per heavy atom. The number of hydrogen-bond donors (Lipinski definition) is 2. The number of ether oxygens (including phenoxy) is 1. The Labute approximate surface area is 156 Å². The van der Waals surface area contributed by atoms with Crippen molar-refractivity contribution < 1.29 is 9.53 Å². The molecule has 1 aromatic carbocycles. The highest BCUT2D eigenvalue weighted by molar-refractivity contribution is 5.96. The number of nitrogens with two attached hydrogens (primary N) is 1. The van der Waals surface area contributed by atoms with Crippen LogP contribution in [0, 0.1) is 11.3 Å². The lowest BCUT2D eigenvalue weighted by molar-refractivity contribution is 0.0593. The van der Waals surface area contributed by atoms with E-state index < -0.39 is 5.97 Å². The van der Waals surface area contributed by atoms with E-state index in [0.29, 0.717) is 0 Å². The molecule has 7 heteroatoms. The average molecular weight is 361 g/mol. The monoisotopic (exact) mass is 361 g/mol. The molecule has 2 aromatic heterocycles. The molecule has 0 amide bonds. The van der Waals surface area contributed by atoms with E-state index in [1.807, 2.05) is 30.3 Å². The molecule has 3 aromatic rings. The van der Waals surface area contributed by atoms with Gasteiger partial charge in [0.05, 0.1) is 24.1 Å². The molecule has 0 atom stereocenters. The first-order valence-electron chi connectivity index (χ1n) is 8.80. The second-order valence-electron chi connectivity index (χ2n) is 6.56. The predicted octanol–water partition coefficient (Wildman–Crippen LogP) is 2.99. The van der Waals surface area contributed by atoms with Crippen molar-refractivity contribution in [1.82, 2.24) is 14.8 Å². The molecule has 0 spiro atoms. The van der Waals surface area contributed by atoms with Crippen LogP contribution in [-0.2, 0) is 17.6 Å². The summed E-state index contributed by atoms with van der Waals surface area (Å²) >= 11 is 0. The molecule has 136 valence electrons. The molecule has 27 heavy (non-hydrogen) atoms. The van der Waals surface area contributed by atoms with Crippen LogP contribution < -0.4 is 5.73 Å². The van der Waals surface area contributed by atoms with Crippen molar-refractivity contribution >= 4 is 11.7 Å². The summed E-state index contributed by atoms with van der Waals surface area (Å²) in [6.07, 6.45) is 6.00. The second kappa shape index (κ2) is 6.65. The van der Waals surface area contributed by atoms with Crippen LogP contribution >= 0.6 is 0 Å². The predicted molar refractivity (Wildman–Crippen MR) is 100 cm³/mol. The SMILES string of the molecule is COC(=O)c1c(N)c(C#N)cn1-c1ccc(-c2n[nH]c3c2CCCC3)cc1. The number of anilines is 1. The van der Waals surface area contributed by atoms with Crippen molar-refractivity contribution in [2.45, 2.75) is 25.7 Å². The number of hydrogen-bond acceptors (Lipinski definition) is 5. The standard InChI is InChI=1S/C20H19N5O2/c1-27-20(26)19-17(22)13(10-21)11-25(19)14-8-6-12(7-9-14)18-15-4-2-3-5-16(15)23-24-18/h6-9,11H,2-5,22H2,1H3,(H,23,24). The highest BCUT2D eigenvalue weighted by atomic mass is 16.5. The maximum atomic E-state index is 12.1. The van der Waals surface area contributed by atoms with Gasteiger partial charge in [-0.3, -0.25) is 5.10 Å². The maximum Gasteiger partial charge on any atom is 0.357 e. The number of nitrogen functional groups attached to an aromatic ring is 1. The molecular weight excluding hydrogens is 342 g/mol. The summed E-state index contributed by atoms with van der Waals surface area (Å²) < 4.78 is 6.41. The van der Waals surface area contributed by atoms with Crippen molar-refractivity contribution in [3.05, 3.63) is 53.0 Å². The number of nitriles is 1. The first kappa shape index (κ1) is 16.9. The minimum atomic E-state index is -0.584. The van der Waals surface area contributed by atoms with Crippen molar-refractivity contribution in [2.75, 3.05) is 12.8 Å². The van der Waals surface area contributed by atoms with Crippen LogP contribution in [-0.4, -0.2) is 27.8 Å². The van der Waals surface area contributed by atoms with E-state index >= 15 is 0 Å². The number of nitrogens with zero attached hydrogens (tertiary/aromatic N) is 3. The summed E-state index contributed by atoms with van der Waals surface area (Å²) in [7, 11) is 1.29. The Hall–Kier alpha value is -3.53. The van der Waals surface area contributed by atoms with Gasteiger partial charge in [0, 0.05) is 28.7 Å². The normalized spacial score (nSPS) is 13.0. The molecule has 2 heterocycles. The summed E-state index contributed by atoms with van der Waals surface area (Å²) in [5, 5.41) is 16.9. The molecule has 0 radical (unpaired) electrons. The third-order valence-electron chi connectivity index (χ3n) is 5.02. The molecule has 0 fully saturated rings. The van der Waals surface area contributed by atoms with Gasteiger partial charge in [0.25, 0.3) is 0 Å². The second-order valence-corrected chi connectivity index (χ2v) is 6.56. The fourth-order valence-electron chi connectivity index (χ4n) is 3.62. The number of nitrogens with one attached hydrogen (secondary N) is 1. The van der Waals surface area contributed by atoms with Gasteiger partial charge in [-0.15, -0.1) is 0 Å². The number of aryl methyl sites for hydroxylation is 1. The lowest BCUT2D eigenvalue weighted by Gasteiger charge is -2.12. The summed E-state index contributed by atoms with van der Waals surface area (Å²) in [4.78, 5) is 12.1. The van der Waals surface area contributed by atoms with E-state index in [1.54, 1.807) is 10.8 Å². The summed E-state index contributed by atoms with van der Waals surface area (Å²) in [6.45, 7) is 0. The third-order valence-corrected chi connectivity index (χ3v) is 5.02. The van der Waals surface area contributed by atoms with Crippen LogP contribution in [0.4, 0.5) is 5.69 Å². The van der Waals surface area contributed by atoms with Crippen molar-refractivity contribution in [3.63, 3.8) is 0 Å². The highest BCUT2D eigenvalue weighted by Gasteiger charge is 2.22. The zero-order valence-electron chi connectivity index (χ0n) is 15.0. The van der Waals surface area contributed by atoms with Crippen molar-refractivity contribution in [2.24, 2.45) is 0 Å². The number of methoxy groups -OCH3 is 1. The van der Waals surface area contributed by atoms with Crippen LogP contribution in [0.1, 0.15) is 40.2 Å². The number of aromatic nitrogens is 3. The van der Waals surface area contributed by atoms with E-state index in [1.165, 1.54) is 31.2 Å². The lowest BCUT2D eigenvalue weighted by atomic mass is 9.94. The van der Waals surface area contributed by atoms with Crippen LogP contribution in [0.15, 0.2) is 30.5 Å². The fraction of sp³-hybridized carbons (Fsp3) is 0.250. The number of esters is 1. The van der Waals surface area contributed by atoms with Gasteiger partial charge in [-0.05, 0) is 37.8 Å². The Bertz CT molecular complexity index is 1050.